The van der Waals surface area contributed by atoms with Gasteiger partial charge in [-0.3, -0.25) is 4.98 Å². The molecular formula is C12H20N2. The number of rotatable bonds is 6. The van der Waals surface area contributed by atoms with Gasteiger partial charge in [0.25, 0.3) is 0 Å². The van der Waals surface area contributed by atoms with Gasteiger partial charge in [-0.1, -0.05) is 20.3 Å². The minimum absolute atomic E-state index is 1.13. The molecule has 2 nitrogen and oxygen atoms in total. The summed E-state index contributed by atoms with van der Waals surface area (Å²) < 4.78 is 0. The fourth-order valence-corrected chi connectivity index (χ4v) is 1.53. The van der Waals surface area contributed by atoms with Gasteiger partial charge in [-0.25, -0.2) is 0 Å². The maximum Gasteiger partial charge on any atom is 0.0552 e. The Balaban J connectivity index is 2.58. The van der Waals surface area contributed by atoms with Crippen LogP contribution in [-0.4, -0.2) is 18.1 Å². The van der Waals surface area contributed by atoms with Crippen LogP contribution in [-0.2, 0) is 0 Å². The van der Waals surface area contributed by atoms with Crippen LogP contribution in [0.2, 0.25) is 0 Å². The van der Waals surface area contributed by atoms with Crippen LogP contribution < -0.4 is 4.90 Å². The van der Waals surface area contributed by atoms with Crippen LogP contribution in [0.1, 0.15) is 33.1 Å². The molecule has 0 aliphatic carbocycles. The van der Waals surface area contributed by atoms with E-state index < -0.39 is 0 Å². The largest absolute Gasteiger partial charge is 0.370 e. The summed E-state index contributed by atoms with van der Waals surface area (Å²) in [5, 5.41) is 0. The van der Waals surface area contributed by atoms with Gasteiger partial charge in [0.15, 0.2) is 0 Å². The Morgan fingerprint density at radius 1 is 1.21 bits per heavy atom. The number of nitrogens with zero attached hydrogens (tertiary/aromatic N) is 2. The molecule has 2 heteroatoms. The lowest BCUT2D eigenvalue weighted by Gasteiger charge is -2.23. The van der Waals surface area contributed by atoms with Gasteiger partial charge in [0.05, 0.1) is 11.9 Å². The molecule has 0 aliphatic heterocycles. The van der Waals surface area contributed by atoms with Crippen LogP contribution >= 0.6 is 0 Å². The molecular weight excluding hydrogens is 172 g/mol. The predicted octanol–water partition coefficient (Wildman–Crippen LogP) is 3.10. The summed E-state index contributed by atoms with van der Waals surface area (Å²) in [6, 6.07) is 4.14. The van der Waals surface area contributed by atoms with Crippen LogP contribution in [0.15, 0.2) is 24.5 Å². The van der Waals surface area contributed by atoms with E-state index in [1.807, 2.05) is 18.5 Å². The second-order valence-corrected chi connectivity index (χ2v) is 3.55. The maximum atomic E-state index is 4.15. The normalized spacial score (nSPS) is 10.1. The average molecular weight is 192 g/mol. The Bertz CT molecular complexity index is 233. The van der Waals surface area contributed by atoms with Gasteiger partial charge < -0.3 is 4.90 Å². The zero-order valence-corrected chi connectivity index (χ0v) is 9.24. The molecule has 1 heterocycles. The molecule has 1 aromatic rings. The fraction of sp³-hybridized carbons (Fsp3) is 0.583. The molecule has 0 amide bonds. The van der Waals surface area contributed by atoms with E-state index in [1.54, 1.807) is 0 Å². The summed E-state index contributed by atoms with van der Waals surface area (Å²) >= 11 is 0. The highest BCUT2D eigenvalue weighted by Gasteiger charge is 2.03. The van der Waals surface area contributed by atoms with Crippen molar-refractivity contribution in [1.29, 1.82) is 0 Å². The van der Waals surface area contributed by atoms with Crippen LogP contribution in [0.4, 0.5) is 5.69 Å². The van der Waals surface area contributed by atoms with Crippen molar-refractivity contribution < 1.29 is 0 Å². The number of unbranched alkanes of at least 4 members (excludes halogenated alkanes) is 1. The third-order valence-electron chi connectivity index (χ3n) is 2.29. The molecule has 0 aliphatic rings. The topological polar surface area (TPSA) is 16.1 Å². The third-order valence-corrected chi connectivity index (χ3v) is 2.29. The first-order valence-corrected chi connectivity index (χ1v) is 5.53. The minimum atomic E-state index is 1.13. The van der Waals surface area contributed by atoms with Crippen molar-refractivity contribution in [2.75, 3.05) is 18.0 Å². The summed E-state index contributed by atoms with van der Waals surface area (Å²) in [5.74, 6) is 0. The van der Waals surface area contributed by atoms with Crippen LogP contribution in [0, 0.1) is 0 Å². The zero-order chi connectivity index (χ0) is 10.2. The van der Waals surface area contributed by atoms with Gasteiger partial charge in [0.1, 0.15) is 0 Å². The molecule has 0 unspecified atom stereocenters. The van der Waals surface area contributed by atoms with E-state index in [9.17, 15) is 0 Å². The Morgan fingerprint density at radius 3 is 2.64 bits per heavy atom. The molecule has 0 spiro atoms. The quantitative estimate of drug-likeness (QED) is 0.688. The molecule has 0 N–H and O–H groups in total. The van der Waals surface area contributed by atoms with E-state index >= 15 is 0 Å². The highest BCUT2D eigenvalue weighted by Crippen LogP contribution is 2.12. The Labute approximate surface area is 87.0 Å². The lowest BCUT2D eigenvalue weighted by atomic mass is 10.2. The lowest BCUT2D eigenvalue weighted by Crippen LogP contribution is -2.25. The van der Waals surface area contributed by atoms with Crippen molar-refractivity contribution in [3.05, 3.63) is 24.5 Å². The zero-order valence-electron chi connectivity index (χ0n) is 9.24. The van der Waals surface area contributed by atoms with Gasteiger partial charge in [-0.2, -0.15) is 0 Å². The SMILES string of the molecule is CCCCN(CCC)c1cccnc1. The molecule has 1 rings (SSSR count). The van der Waals surface area contributed by atoms with Crippen molar-refractivity contribution in [1.82, 2.24) is 4.98 Å². The Hall–Kier alpha value is -1.05. The highest BCUT2D eigenvalue weighted by molar-refractivity contribution is 5.43. The maximum absolute atomic E-state index is 4.15. The van der Waals surface area contributed by atoms with E-state index in [2.05, 4.69) is 29.8 Å². The first kappa shape index (κ1) is 11.0. The molecule has 1 aromatic heterocycles. The number of aromatic nitrogens is 1. The van der Waals surface area contributed by atoms with Crippen LogP contribution in [0.3, 0.4) is 0 Å². The summed E-state index contributed by atoms with van der Waals surface area (Å²) in [6.45, 7) is 6.73. The van der Waals surface area contributed by atoms with Crippen molar-refractivity contribution in [2.45, 2.75) is 33.1 Å². The number of anilines is 1. The van der Waals surface area contributed by atoms with Gasteiger partial charge in [-0.05, 0) is 25.0 Å². The number of pyridine rings is 1. The molecule has 0 saturated carbocycles. The highest BCUT2D eigenvalue weighted by atomic mass is 15.1. The van der Waals surface area contributed by atoms with Gasteiger partial charge in [-0.15, -0.1) is 0 Å². The molecule has 0 fully saturated rings. The van der Waals surface area contributed by atoms with E-state index in [0.29, 0.717) is 0 Å². The first-order valence-electron chi connectivity index (χ1n) is 5.53. The summed E-state index contributed by atoms with van der Waals surface area (Å²) in [4.78, 5) is 6.57. The molecule has 0 aromatic carbocycles. The second-order valence-electron chi connectivity index (χ2n) is 3.55. The Kier molecular flexibility index (Phi) is 5.05. The molecule has 0 bridgehead atoms. The van der Waals surface area contributed by atoms with Crippen molar-refractivity contribution >= 4 is 5.69 Å². The third kappa shape index (κ3) is 3.36. The van der Waals surface area contributed by atoms with Crippen molar-refractivity contribution in [2.24, 2.45) is 0 Å². The molecule has 14 heavy (non-hydrogen) atoms. The van der Waals surface area contributed by atoms with E-state index in [0.717, 1.165) is 13.1 Å². The smallest absolute Gasteiger partial charge is 0.0552 e. The molecule has 0 atom stereocenters. The molecule has 0 saturated heterocycles. The second kappa shape index (κ2) is 6.41. The summed E-state index contributed by atoms with van der Waals surface area (Å²) in [5.41, 5.74) is 1.25. The summed E-state index contributed by atoms with van der Waals surface area (Å²) in [6.07, 6.45) is 7.48. The number of hydrogen-bond donors (Lipinski definition) is 0. The van der Waals surface area contributed by atoms with Crippen molar-refractivity contribution in [3.63, 3.8) is 0 Å². The predicted molar refractivity (Wildman–Crippen MR) is 61.6 cm³/mol. The van der Waals surface area contributed by atoms with E-state index in [1.165, 1.54) is 24.9 Å². The fourth-order valence-electron chi connectivity index (χ4n) is 1.53. The number of hydrogen-bond acceptors (Lipinski definition) is 2. The molecule has 78 valence electrons. The lowest BCUT2D eigenvalue weighted by molar-refractivity contribution is 0.703. The standard InChI is InChI=1S/C12H20N2/c1-3-5-10-14(9-4-2)12-7-6-8-13-11-12/h6-8,11H,3-5,9-10H2,1-2H3. The minimum Gasteiger partial charge on any atom is -0.370 e. The van der Waals surface area contributed by atoms with E-state index in [-0.39, 0.29) is 0 Å². The first-order chi connectivity index (χ1) is 6.88. The van der Waals surface area contributed by atoms with Gasteiger partial charge in [0, 0.05) is 19.3 Å². The monoisotopic (exact) mass is 192 g/mol. The average Bonchev–Trinajstić information content (AvgIpc) is 2.25. The van der Waals surface area contributed by atoms with Crippen LogP contribution in [0.5, 0.6) is 0 Å². The Morgan fingerprint density at radius 2 is 2.07 bits per heavy atom. The van der Waals surface area contributed by atoms with Gasteiger partial charge in [0.2, 0.25) is 0 Å². The molecule has 0 radical (unpaired) electrons. The summed E-state index contributed by atoms with van der Waals surface area (Å²) in [7, 11) is 0. The van der Waals surface area contributed by atoms with Gasteiger partial charge >= 0.3 is 0 Å². The van der Waals surface area contributed by atoms with E-state index in [4.69, 9.17) is 0 Å². The van der Waals surface area contributed by atoms with Crippen molar-refractivity contribution in [3.8, 4) is 0 Å². The van der Waals surface area contributed by atoms with Crippen LogP contribution in [0.25, 0.3) is 0 Å².